The van der Waals surface area contributed by atoms with Gasteiger partial charge >= 0.3 is 6.18 Å². The van der Waals surface area contributed by atoms with Gasteiger partial charge in [0.2, 0.25) is 6.41 Å². The van der Waals surface area contributed by atoms with Gasteiger partial charge in [0.15, 0.2) is 0 Å². The highest BCUT2D eigenvalue weighted by atomic mass is 19.4. The van der Waals surface area contributed by atoms with Crippen molar-refractivity contribution in [3.63, 3.8) is 0 Å². The first-order valence-corrected chi connectivity index (χ1v) is 6.62. The quantitative estimate of drug-likeness (QED) is 0.799. The summed E-state index contributed by atoms with van der Waals surface area (Å²) in [6, 6.07) is 2.14. The standard InChI is InChI=1S/C14H15F3N2O/c15-14(16,17)11-1-2-18-12(4-11)3-10-5-13(6-10)7-19(8-13)9-20/h1-2,4,9-10H,3,5-8H2. The summed E-state index contributed by atoms with van der Waals surface area (Å²) in [6.45, 7) is 1.59. The summed E-state index contributed by atoms with van der Waals surface area (Å²) in [4.78, 5) is 16.3. The predicted octanol–water partition coefficient (Wildman–Crippen LogP) is 2.51. The Morgan fingerprint density at radius 3 is 2.70 bits per heavy atom. The molecule has 0 bridgehead atoms. The van der Waals surface area contributed by atoms with Gasteiger partial charge in [-0.3, -0.25) is 9.78 Å². The van der Waals surface area contributed by atoms with Crippen LogP contribution in [-0.4, -0.2) is 29.4 Å². The zero-order valence-electron chi connectivity index (χ0n) is 10.9. The molecule has 1 saturated carbocycles. The van der Waals surface area contributed by atoms with Crippen LogP contribution in [0.4, 0.5) is 13.2 Å². The molecule has 0 unspecified atom stereocenters. The highest BCUT2D eigenvalue weighted by molar-refractivity contribution is 5.49. The van der Waals surface area contributed by atoms with Gasteiger partial charge in [-0.15, -0.1) is 0 Å². The van der Waals surface area contributed by atoms with Crippen LogP contribution in [0.5, 0.6) is 0 Å². The third-order valence-corrected chi connectivity index (χ3v) is 4.31. The Morgan fingerprint density at radius 2 is 2.10 bits per heavy atom. The van der Waals surface area contributed by atoms with Crippen LogP contribution in [0, 0.1) is 11.3 Å². The van der Waals surface area contributed by atoms with Gasteiger partial charge in [-0.2, -0.15) is 13.2 Å². The van der Waals surface area contributed by atoms with Crippen molar-refractivity contribution in [2.75, 3.05) is 13.1 Å². The largest absolute Gasteiger partial charge is 0.416 e. The number of rotatable bonds is 3. The summed E-state index contributed by atoms with van der Waals surface area (Å²) in [5.41, 5.74) is 0.117. The van der Waals surface area contributed by atoms with E-state index in [1.54, 1.807) is 4.90 Å². The van der Waals surface area contributed by atoms with Crippen LogP contribution in [0.25, 0.3) is 0 Å². The van der Waals surface area contributed by atoms with Crippen LogP contribution in [-0.2, 0) is 17.4 Å². The number of amides is 1. The Bertz CT molecular complexity index is 515. The van der Waals surface area contributed by atoms with E-state index < -0.39 is 11.7 Å². The molecule has 2 aliphatic rings. The molecule has 1 saturated heterocycles. The Hall–Kier alpha value is -1.59. The maximum absolute atomic E-state index is 12.6. The van der Waals surface area contributed by atoms with E-state index >= 15 is 0 Å². The normalized spacial score (nSPS) is 21.4. The van der Waals surface area contributed by atoms with Gasteiger partial charge in [0.05, 0.1) is 5.56 Å². The van der Waals surface area contributed by atoms with Crippen LogP contribution in [0.15, 0.2) is 18.3 Å². The summed E-state index contributed by atoms with van der Waals surface area (Å²) in [5, 5.41) is 0. The molecular weight excluding hydrogens is 269 g/mol. The molecule has 1 aliphatic heterocycles. The first-order valence-electron chi connectivity index (χ1n) is 6.62. The number of halogens is 3. The monoisotopic (exact) mass is 284 g/mol. The molecule has 1 aromatic heterocycles. The lowest BCUT2D eigenvalue weighted by Crippen LogP contribution is -2.61. The average molecular weight is 284 g/mol. The molecule has 0 aromatic carbocycles. The molecule has 1 spiro atoms. The summed E-state index contributed by atoms with van der Waals surface area (Å²) in [6.07, 6.45) is 0.325. The predicted molar refractivity (Wildman–Crippen MR) is 65.7 cm³/mol. The Balaban J connectivity index is 1.57. The average Bonchev–Trinajstić information content (AvgIpc) is 2.30. The maximum atomic E-state index is 12.6. The molecule has 1 aliphatic carbocycles. The molecule has 20 heavy (non-hydrogen) atoms. The smallest absolute Gasteiger partial charge is 0.344 e. The summed E-state index contributed by atoms with van der Waals surface area (Å²) in [5.74, 6) is 0.389. The van der Waals surface area contributed by atoms with E-state index in [4.69, 9.17) is 0 Å². The molecule has 6 heteroatoms. The van der Waals surface area contributed by atoms with Gasteiger partial charge in [0.1, 0.15) is 0 Å². The maximum Gasteiger partial charge on any atom is 0.416 e. The lowest BCUT2D eigenvalue weighted by Gasteiger charge is -2.58. The number of pyridine rings is 1. The molecule has 0 radical (unpaired) electrons. The third kappa shape index (κ3) is 2.39. The van der Waals surface area contributed by atoms with E-state index in [9.17, 15) is 18.0 Å². The van der Waals surface area contributed by atoms with Crippen molar-refractivity contribution < 1.29 is 18.0 Å². The number of nitrogens with zero attached hydrogens (tertiary/aromatic N) is 2. The zero-order valence-corrected chi connectivity index (χ0v) is 10.9. The van der Waals surface area contributed by atoms with Crippen molar-refractivity contribution in [2.45, 2.75) is 25.4 Å². The van der Waals surface area contributed by atoms with E-state index in [-0.39, 0.29) is 5.41 Å². The molecule has 1 aromatic rings. The minimum atomic E-state index is -4.31. The minimum Gasteiger partial charge on any atom is -0.344 e. The number of hydrogen-bond donors (Lipinski definition) is 0. The molecular formula is C14H15F3N2O. The van der Waals surface area contributed by atoms with Crippen molar-refractivity contribution in [2.24, 2.45) is 11.3 Å². The highest BCUT2D eigenvalue weighted by Crippen LogP contribution is 2.52. The lowest BCUT2D eigenvalue weighted by atomic mass is 9.57. The van der Waals surface area contributed by atoms with Crippen LogP contribution in [0.1, 0.15) is 24.1 Å². The van der Waals surface area contributed by atoms with E-state index in [2.05, 4.69) is 4.98 Å². The van der Waals surface area contributed by atoms with Crippen molar-refractivity contribution >= 4 is 6.41 Å². The number of hydrogen-bond acceptors (Lipinski definition) is 2. The van der Waals surface area contributed by atoms with E-state index in [0.29, 0.717) is 18.0 Å². The van der Waals surface area contributed by atoms with E-state index in [1.165, 1.54) is 6.20 Å². The van der Waals surface area contributed by atoms with Crippen molar-refractivity contribution in [3.05, 3.63) is 29.6 Å². The first kappa shape index (κ1) is 13.4. The highest BCUT2D eigenvalue weighted by Gasteiger charge is 2.51. The molecule has 2 heterocycles. The molecule has 0 N–H and O–H groups in total. The number of alkyl halides is 3. The van der Waals surface area contributed by atoms with Crippen LogP contribution in [0.3, 0.4) is 0 Å². The van der Waals surface area contributed by atoms with Gasteiger partial charge in [-0.25, -0.2) is 0 Å². The van der Waals surface area contributed by atoms with Crippen molar-refractivity contribution in [1.82, 2.24) is 9.88 Å². The molecule has 0 atom stereocenters. The number of carbonyl (C=O) groups excluding carboxylic acids is 1. The fourth-order valence-corrected chi connectivity index (χ4v) is 3.52. The molecule has 2 fully saturated rings. The van der Waals surface area contributed by atoms with Crippen LogP contribution in [0.2, 0.25) is 0 Å². The first-order chi connectivity index (χ1) is 9.40. The molecule has 1 amide bonds. The van der Waals surface area contributed by atoms with Gasteiger partial charge in [-0.1, -0.05) is 0 Å². The van der Waals surface area contributed by atoms with Gasteiger partial charge in [0, 0.05) is 30.4 Å². The number of likely N-dealkylation sites (tertiary alicyclic amines) is 1. The van der Waals surface area contributed by atoms with Crippen LogP contribution >= 0.6 is 0 Å². The minimum absolute atomic E-state index is 0.243. The summed E-state index contributed by atoms with van der Waals surface area (Å²) < 4.78 is 37.8. The summed E-state index contributed by atoms with van der Waals surface area (Å²) >= 11 is 0. The number of aromatic nitrogens is 1. The Kier molecular flexibility index (Phi) is 2.99. The van der Waals surface area contributed by atoms with Gasteiger partial charge < -0.3 is 4.90 Å². The number of carbonyl (C=O) groups is 1. The van der Waals surface area contributed by atoms with Gasteiger partial charge in [0.25, 0.3) is 0 Å². The fraction of sp³-hybridized carbons (Fsp3) is 0.571. The van der Waals surface area contributed by atoms with Crippen molar-refractivity contribution in [3.8, 4) is 0 Å². The van der Waals surface area contributed by atoms with Gasteiger partial charge in [-0.05, 0) is 37.3 Å². The Labute approximate surface area is 114 Å². The zero-order chi connectivity index (χ0) is 14.4. The third-order valence-electron chi connectivity index (χ3n) is 4.31. The second-order valence-corrected chi connectivity index (χ2v) is 6.02. The van der Waals surface area contributed by atoms with E-state index in [1.807, 2.05) is 0 Å². The second kappa shape index (κ2) is 4.46. The fourth-order valence-electron chi connectivity index (χ4n) is 3.52. The van der Waals surface area contributed by atoms with Crippen LogP contribution < -0.4 is 0 Å². The topological polar surface area (TPSA) is 33.2 Å². The SMILES string of the molecule is O=CN1CC2(CC(Cc3cc(C(F)(F)F)ccn3)C2)C1. The summed E-state index contributed by atoms with van der Waals surface area (Å²) in [7, 11) is 0. The lowest BCUT2D eigenvalue weighted by molar-refractivity contribution is -0.141. The molecule has 3 nitrogen and oxygen atoms in total. The molecule has 108 valence electrons. The Morgan fingerprint density at radius 1 is 1.40 bits per heavy atom. The van der Waals surface area contributed by atoms with E-state index in [0.717, 1.165) is 44.5 Å². The second-order valence-electron chi connectivity index (χ2n) is 6.02. The molecule has 3 rings (SSSR count). The van der Waals surface area contributed by atoms with Crippen molar-refractivity contribution in [1.29, 1.82) is 0 Å².